The molecule has 1 saturated heterocycles. The summed E-state index contributed by atoms with van der Waals surface area (Å²) in [5.41, 5.74) is 1.18. The van der Waals surface area contributed by atoms with Gasteiger partial charge in [0.25, 0.3) is 0 Å². The number of rotatable bonds is 3. The van der Waals surface area contributed by atoms with E-state index in [0.29, 0.717) is 10.9 Å². The minimum Gasteiger partial charge on any atom is -0.354 e. The van der Waals surface area contributed by atoms with Gasteiger partial charge < -0.3 is 4.74 Å². The molecule has 2 aromatic rings. The topological polar surface area (TPSA) is 12.5 Å². The molecule has 0 radical (unpaired) electrons. The van der Waals surface area contributed by atoms with Gasteiger partial charge >= 0.3 is 0 Å². The Bertz CT molecular complexity index is 599. The number of benzene rings is 2. The number of hydrogen-bond acceptors (Lipinski definition) is 1. The van der Waals surface area contributed by atoms with Gasteiger partial charge in [-0.1, -0.05) is 41.9 Å². The Kier molecular flexibility index (Phi) is 3.25. The van der Waals surface area contributed by atoms with Gasteiger partial charge in [0.05, 0.1) is 5.88 Å². The molecule has 2 atom stereocenters. The second kappa shape index (κ2) is 4.78. The molecule has 1 nitrogen and oxygen atoms in total. The third kappa shape index (κ3) is 2.14. The summed E-state index contributed by atoms with van der Waals surface area (Å²) in [5.74, 6) is 0.0255. The lowest BCUT2D eigenvalue weighted by Gasteiger charge is -2.10. The fourth-order valence-electron chi connectivity index (χ4n) is 2.31. The van der Waals surface area contributed by atoms with E-state index in [1.807, 2.05) is 24.3 Å². The van der Waals surface area contributed by atoms with Gasteiger partial charge in [-0.15, -0.1) is 11.6 Å². The minimum atomic E-state index is -0.597. The monoisotopic (exact) mass is 296 g/mol. The van der Waals surface area contributed by atoms with Crippen molar-refractivity contribution >= 4 is 23.2 Å². The van der Waals surface area contributed by atoms with Crippen LogP contribution in [0.1, 0.15) is 17.2 Å². The predicted octanol–water partition coefficient (Wildman–Crippen LogP) is 4.68. The lowest BCUT2D eigenvalue weighted by Crippen LogP contribution is -2.12. The summed E-state index contributed by atoms with van der Waals surface area (Å²) in [4.78, 5) is 0. The van der Waals surface area contributed by atoms with Crippen molar-refractivity contribution in [2.75, 3.05) is 5.88 Å². The van der Waals surface area contributed by atoms with Gasteiger partial charge in [-0.25, -0.2) is 4.39 Å². The van der Waals surface area contributed by atoms with E-state index in [0.717, 1.165) is 11.1 Å². The van der Waals surface area contributed by atoms with E-state index in [1.54, 1.807) is 12.1 Å². The average Bonchev–Trinajstić information content (AvgIpc) is 3.16. The molecule has 2 unspecified atom stereocenters. The highest BCUT2D eigenvalue weighted by Crippen LogP contribution is 2.58. The summed E-state index contributed by atoms with van der Waals surface area (Å²) in [6.45, 7) is 0. The smallest absolute Gasteiger partial charge is 0.138 e. The molecule has 1 fully saturated rings. The minimum absolute atomic E-state index is 0.177. The maximum Gasteiger partial charge on any atom is 0.138 e. The van der Waals surface area contributed by atoms with Crippen molar-refractivity contribution in [2.24, 2.45) is 0 Å². The first-order valence-corrected chi connectivity index (χ1v) is 6.83. The van der Waals surface area contributed by atoms with Crippen molar-refractivity contribution in [1.29, 1.82) is 0 Å². The predicted molar refractivity (Wildman–Crippen MR) is 74.1 cm³/mol. The van der Waals surface area contributed by atoms with Crippen LogP contribution >= 0.6 is 23.2 Å². The van der Waals surface area contributed by atoms with Crippen LogP contribution in [0.2, 0.25) is 5.02 Å². The summed E-state index contributed by atoms with van der Waals surface area (Å²) in [6, 6.07) is 13.8. The van der Waals surface area contributed by atoms with E-state index in [9.17, 15) is 4.39 Å². The van der Waals surface area contributed by atoms with Gasteiger partial charge in [-0.3, -0.25) is 0 Å². The second-order valence-corrected chi connectivity index (χ2v) is 5.22. The molecule has 0 bridgehead atoms. The van der Waals surface area contributed by atoms with Crippen LogP contribution in [-0.4, -0.2) is 5.88 Å². The van der Waals surface area contributed by atoms with E-state index in [-0.39, 0.29) is 11.9 Å². The van der Waals surface area contributed by atoms with Gasteiger partial charge in [0.15, 0.2) is 0 Å². The molecule has 4 heteroatoms. The van der Waals surface area contributed by atoms with Gasteiger partial charge in [-0.05, 0) is 23.8 Å². The zero-order valence-electron chi connectivity index (χ0n) is 9.95. The molecule has 0 aliphatic carbocycles. The SMILES string of the molecule is Fc1ccc(C2(CCl)OC2c2ccccc2Cl)cc1. The highest BCUT2D eigenvalue weighted by molar-refractivity contribution is 6.31. The van der Waals surface area contributed by atoms with Gasteiger partial charge in [-0.2, -0.15) is 0 Å². The van der Waals surface area contributed by atoms with Crippen molar-refractivity contribution in [1.82, 2.24) is 0 Å². The van der Waals surface area contributed by atoms with E-state index in [4.69, 9.17) is 27.9 Å². The van der Waals surface area contributed by atoms with Gasteiger partial charge in [0.2, 0.25) is 0 Å². The lowest BCUT2D eigenvalue weighted by molar-refractivity contribution is 0.316. The molecule has 0 spiro atoms. The fourth-order valence-corrected chi connectivity index (χ4v) is 2.90. The van der Waals surface area contributed by atoms with Gasteiger partial charge in [0.1, 0.15) is 17.5 Å². The second-order valence-electron chi connectivity index (χ2n) is 4.55. The molecule has 1 heterocycles. The fraction of sp³-hybridized carbons (Fsp3) is 0.200. The Labute approximate surface area is 120 Å². The molecular formula is C15H11Cl2FO. The number of alkyl halides is 1. The molecule has 0 aromatic heterocycles. The van der Waals surface area contributed by atoms with Crippen molar-refractivity contribution < 1.29 is 9.13 Å². The summed E-state index contributed by atoms with van der Waals surface area (Å²) in [7, 11) is 0. The quantitative estimate of drug-likeness (QED) is 0.591. The van der Waals surface area contributed by atoms with Crippen molar-refractivity contribution in [3.63, 3.8) is 0 Å². The highest BCUT2D eigenvalue weighted by Gasteiger charge is 2.58. The van der Waals surface area contributed by atoms with Crippen molar-refractivity contribution in [3.8, 4) is 0 Å². The first-order valence-electron chi connectivity index (χ1n) is 5.91. The zero-order valence-corrected chi connectivity index (χ0v) is 11.5. The average molecular weight is 297 g/mol. The number of hydrogen-bond donors (Lipinski definition) is 0. The molecule has 1 aliphatic rings. The third-order valence-corrected chi connectivity index (χ3v) is 4.15. The maximum absolute atomic E-state index is 13.0. The molecular weight excluding hydrogens is 286 g/mol. The highest BCUT2D eigenvalue weighted by atomic mass is 35.5. The molecule has 19 heavy (non-hydrogen) atoms. The zero-order chi connectivity index (χ0) is 13.5. The summed E-state index contributed by atoms with van der Waals surface area (Å²) < 4.78 is 18.8. The summed E-state index contributed by atoms with van der Waals surface area (Å²) in [6.07, 6.45) is -0.177. The Morgan fingerprint density at radius 2 is 1.79 bits per heavy atom. The molecule has 2 aromatic carbocycles. The Morgan fingerprint density at radius 1 is 1.11 bits per heavy atom. The van der Waals surface area contributed by atoms with Crippen LogP contribution in [0.4, 0.5) is 4.39 Å². The Morgan fingerprint density at radius 3 is 2.42 bits per heavy atom. The van der Waals surface area contributed by atoms with Crippen molar-refractivity contribution in [2.45, 2.75) is 11.7 Å². The van der Waals surface area contributed by atoms with Crippen LogP contribution in [0.15, 0.2) is 48.5 Å². The van der Waals surface area contributed by atoms with Crippen molar-refractivity contribution in [3.05, 3.63) is 70.5 Å². The number of ether oxygens (including phenoxy) is 1. The van der Waals surface area contributed by atoms with Crippen LogP contribution in [0.5, 0.6) is 0 Å². The van der Waals surface area contributed by atoms with Crippen LogP contribution in [0.25, 0.3) is 0 Å². The maximum atomic E-state index is 13.0. The van der Waals surface area contributed by atoms with E-state index in [2.05, 4.69) is 0 Å². The van der Waals surface area contributed by atoms with E-state index < -0.39 is 5.60 Å². The van der Waals surface area contributed by atoms with E-state index in [1.165, 1.54) is 12.1 Å². The molecule has 0 N–H and O–H groups in total. The third-order valence-electron chi connectivity index (χ3n) is 3.41. The molecule has 98 valence electrons. The standard InChI is InChI=1S/C15H11Cl2FO/c16-9-15(10-5-7-11(18)8-6-10)14(19-15)12-3-1-2-4-13(12)17/h1-8,14H,9H2. The van der Waals surface area contributed by atoms with Crippen LogP contribution in [0.3, 0.4) is 0 Å². The lowest BCUT2D eigenvalue weighted by atomic mass is 9.93. The first kappa shape index (κ1) is 12.9. The molecule has 3 rings (SSSR count). The molecule has 0 amide bonds. The molecule has 1 aliphatic heterocycles. The van der Waals surface area contributed by atoms with Crippen LogP contribution in [-0.2, 0) is 10.3 Å². The Balaban J connectivity index is 1.96. The number of epoxide rings is 1. The first-order chi connectivity index (χ1) is 9.17. The summed E-state index contributed by atoms with van der Waals surface area (Å²) >= 11 is 12.2. The van der Waals surface area contributed by atoms with Gasteiger partial charge in [0, 0.05) is 10.6 Å². The van der Waals surface area contributed by atoms with E-state index >= 15 is 0 Å². The molecule has 0 saturated carbocycles. The Hall–Kier alpha value is -1.09. The summed E-state index contributed by atoms with van der Waals surface area (Å²) in [5, 5.41) is 0.654. The van der Waals surface area contributed by atoms with Crippen LogP contribution in [0, 0.1) is 5.82 Å². The van der Waals surface area contributed by atoms with Crippen LogP contribution < -0.4 is 0 Å². The largest absolute Gasteiger partial charge is 0.354 e. The number of halogens is 3. The normalized spacial score (nSPS) is 25.3.